The van der Waals surface area contributed by atoms with Crippen molar-refractivity contribution in [2.24, 2.45) is 4.99 Å². The Balaban J connectivity index is 2.17. The number of benzene rings is 2. The van der Waals surface area contributed by atoms with Crippen LogP contribution in [0.1, 0.15) is 19.4 Å². The van der Waals surface area contributed by atoms with Crippen molar-refractivity contribution in [2.75, 3.05) is 18.5 Å². The molecule has 0 saturated heterocycles. The van der Waals surface area contributed by atoms with Gasteiger partial charge in [-0.1, -0.05) is 30.3 Å². The summed E-state index contributed by atoms with van der Waals surface area (Å²) >= 11 is 5.20. The highest BCUT2D eigenvalue weighted by Gasteiger charge is 2.16. The maximum Gasteiger partial charge on any atom is 0.343 e. The number of carbonyl (C=O) groups is 1. The highest BCUT2D eigenvalue weighted by atomic mass is 32.1. The normalized spacial score (nSPS) is 11.6. The van der Waals surface area contributed by atoms with Crippen molar-refractivity contribution in [1.82, 2.24) is 0 Å². The van der Waals surface area contributed by atoms with Crippen LogP contribution in [-0.2, 0) is 9.53 Å². The molecule has 2 aromatic rings. The number of aliphatic hydroxyl groups excluding tert-OH is 1. The number of nitrogens with zero attached hydrogens (tertiary/aromatic N) is 1. The molecule has 7 heteroatoms. The summed E-state index contributed by atoms with van der Waals surface area (Å²) in [6.07, 6.45) is 1.20. The summed E-state index contributed by atoms with van der Waals surface area (Å²) in [7, 11) is 0. The van der Waals surface area contributed by atoms with Crippen molar-refractivity contribution in [3.05, 3.63) is 65.7 Å². The third-order valence-corrected chi connectivity index (χ3v) is 3.73. The maximum absolute atomic E-state index is 12.2. The van der Waals surface area contributed by atoms with Crippen LogP contribution in [0.15, 0.2) is 65.2 Å². The van der Waals surface area contributed by atoms with Gasteiger partial charge >= 0.3 is 5.97 Å². The molecule has 28 heavy (non-hydrogen) atoms. The first-order valence-corrected chi connectivity index (χ1v) is 9.19. The number of hydrogen-bond donors (Lipinski definition) is 2. The summed E-state index contributed by atoms with van der Waals surface area (Å²) in [5.74, 6) is -0.161. The van der Waals surface area contributed by atoms with Gasteiger partial charge in [-0.3, -0.25) is 0 Å². The first-order chi connectivity index (χ1) is 13.5. The van der Waals surface area contributed by atoms with E-state index in [2.05, 4.69) is 10.3 Å². The van der Waals surface area contributed by atoms with Gasteiger partial charge in [0.15, 0.2) is 5.11 Å². The Labute approximate surface area is 169 Å². The Kier molecular flexibility index (Phi) is 8.17. The zero-order valence-corrected chi connectivity index (χ0v) is 16.5. The fraction of sp³-hybridized carbons (Fsp3) is 0.190. The Morgan fingerprint density at radius 1 is 1.11 bits per heavy atom. The second kappa shape index (κ2) is 10.8. The van der Waals surface area contributed by atoms with Crippen LogP contribution in [0.4, 0.5) is 5.69 Å². The van der Waals surface area contributed by atoms with Crippen LogP contribution >= 0.6 is 12.2 Å². The number of esters is 1. The van der Waals surface area contributed by atoms with Gasteiger partial charge in [0.05, 0.1) is 13.2 Å². The minimum atomic E-state index is -0.684. The number of carbonyl (C=O) groups excluding carboxylic acids is 1. The fourth-order valence-corrected chi connectivity index (χ4v) is 2.42. The quantitative estimate of drug-likeness (QED) is 0.237. The van der Waals surface area contributed by atoms with Gasteiger partial charge in [-0.2, -0.15) is 0 Å². The molecule has 0 bridgehead atoms. The van der Waals surface area contributed by atoms with E-state index < -0.39 is 5.97 Å². The summed E-state index contributed by atoms with van der Waals surface area (Å²) in [6, 6.07) is 15.9. The number of rotatable bonds is 7. The van der Waals surface area contributed by atoms with Crippen molar-refractivity contribution in [1.29, 1.82) is 0 Å². The molecule has 2 aromatic carbocycles. The van der Waals surface area contributed by atoms with E-state index in [4.69, 9.17) is 21.7 Å². The van der Waals surface area contributed by atoms with E-state index in [1.807, 2.05) is 25.1 Å². The minimum absolute atomic E-state index is 0.0797. The monoisotopic (exact) mass is 398 g/mol. The van der Waals surface area contributed by atoms with E-state index in [1.165, 1.54) is 6.21 Å². The van der Waals surface area contributed by atoms with E-state index in [0.29, 0.717) is 12.2 Å². The van der Waals surface area contributed by atoms with E-state index in [9.17, 15) is 9.90 Å². The lowest BCUT2D eigenvalue weighted by molar-refractivity contribution is -0.137. The Morgan fingerprint density at radius 3 is 2.39 bits per heavy atom. The minimum Gasteiger partial charge on any atom is -0.506 e. The SMILES string of the molecule is CCOC(=O)C(C=NC(=S)Nc1ccc(OCC)cc1)=C(O)c1ccccc1. The number of nitrogens with one attached hydrogen (secondary N) is 1. The lowest BCUT2D eigenvalue weighted by Crippen LogP contribution is -2.13. The summed E-state index contributed by atoms with van der Waals surface area (Å²) < 4.78 is 10.4. The molecule has 0 radical (unpaired) electrons. The van der Waals surface area contributed by atoms with Gasteiger partial charge in [0.1, 0.15) is 17.1 Å². The summed E-state index contributed by atoms with van der Waals surface area (Å²) in [5, 5.41) is 13.5. The molecule has 0 saturated carbocycles. The maximum atomic E-state index is 12.2. The largest absolute Gasteiger partial charge is 0.506 e. The van der Waals surface area contributed by atoms with Crippen LogP contribution in [0.2, 0.25) is 0 Å². The topological polar surface area (TPSA) is 80.2 Å². The molecule has 0 aliphatic heterocycles. The molecule has 0 aliphatic carbocycles. The molecule has 6 nitrogen and oxygen atoms in total. The molecule has 0 heterocycles. The van der Waals surface area contributed by atoms with Crippen molar-refractivity contribution >= 4 is 41.0 Å². The lowest BCUT2D eigenvalue weighted by Gasteiger charge is -2.08. The van der Waals surface area contributed by atoms with Crippen LogP contribution in [-0.4, -0.2) is 35.6 Å². The molecule has 0 spiro atoms. The summed E-state index contributed by atoms with van der Waals surface area (Å²) in [4.78, 5) is 16.3. The van der Waals surface area contributed by atoms with Gasteiger partial charge in [0, 0.05) is 17.5 Å². The Morgan fingerprint density at radius 2 is 1.79 bits per heavy atom. The third kappa shape index (κ3) is 6.21. The van der Waals surface area contributed by atoms with Crippen LogP contribution in [0.3, 0.4) is 0 Å². The first-order valence-electron chi connectivity index (χ1n) is 8.78. The second-order valence-electron chi connectivity index (χ2n) is 5.49. The van der Waals surface area contributed by atoms with E-state index in [-0.39, 0.29) is 23.1 Å². The molecule has 2 N–H and O–H groups in total. The lowest BCUT2D eigenvalue weighted by atomic mass is 10.1. The highest BCUT2D eigenvalue weighted by molar-refractivity contribution is 7.80. The molecule has 2 rings (SSSR count). The van der Waals surface area contributed by atoms with Crippen LogP contribution < -0.4 is 10.1 Å². The number of ether oxygens (including phenoxy) is 2. The predicted octanol–water partition coefficient (Wildman–Crippen LogP) is 4.39. The third-order valence-electron chi connectivity index (χ3n) is 3.53. The average molecular weight is 398 g/mol. The standard InChI is InChI=1S/C21H22N2O4S/c1-3-26-17-12-10-16(11-13-17)23-21(28)22-14-18(20(25)27-4-2)19(24)15-8-6-5-7-9-15/h5-14,24H,3-4H2,1-2H3,(H,23,28). The van der Waals surface area contributed by atoms with Crippen LogP contribution in [0.25, 0.3) is 5.76 Å². The molecular weight excluding hydrogens is 376 g/mol. The number of aliphatic hydroxyl groups is 1. The average Bonchev–Trinajstić information content (AvgIpc) is 2.70. The van der Waals surface area contributed by atoms with Gasteiger partial charge in [0.25, 0.3) is 0 Å². The van der Waals surface area contributed by atoms with Crippen LogP contribution in [0, 0.1) is 0 Å². The zero-order chi connectivity index (χ0) is 20.4. The van der Waals surface area contributed by atoms with Crippen molar-refractivity contribution in [3.63, 3.8) is 0 Å². The molecule has 0 unspecified atom stereocenters. The van der Waals surface area contributed by atoms with Gasteiger partial charge in [-0.15, -0.1) is 0 Å². The summed E-state index contributed by atoms with van der Waals surface area (Å²) in [5.41, 5.74) is 1.12. The van der Waals surface area contributed by atoms with E-state index in [1.54, 1.807) is 43.3 Å². The summed E-state index contributed by atoms with van der Waals surface area (Å²) in [6.45, 7) is 4.36. The van der Waals surface area contributed by atoms with Gasteiger partial charge < -0.3 is 19.9 Å². The van der Waals surface area contributed by atoms with Crippen molar-refractivity contribution in [2.45, 2.75) is 13.8 Å². The Hall–Kier alpha value is -3.19. The zero-order valence-electron chi connectivity index (χ0n) is 15.7. The number of aliphatic imine (C=N–C) groups is 1. The highest BCUT2D eigenvalue weighted by Crippen LogP contribution is 2.17. The van der Waals surface area contributed by atoms with Gasteiger partial charge in [0.2, 0.25) is 0 Å². The second-order valence-corrected chi connectivity index (χ2v) is 5.88. The first kappa shape index (κ1) is 21.1. The van der Waals surface area contributed by atoms with Crippen molar-refractivity contribution in [3.8, 4) is 5.75 Å². The number of anilines is 1. The smallest absolute Gasteiger partial charge is 0.343 e. The molecule has 0 atom stereocenters. The molecule has 0 aromatic heterocycles. The van der Waals surface area contributed by atoms with E-state index >= 15 is 0 Å². The van der Waals surface area contributed by atoms with Crippen molar-refractivity contribution < 1.29 is 19.4 Å². The fourth-order valence-electron chi connectivity index (χ4n) is 2.25. The predicted molar refractivity (Wildman–Crippen MR) is 115 cm³/mol. The van der Waals surface area contributed by atoms with E-state index in [0.717, 1.165) is 11.4 Å². The van der Waals surface area contributed by atoms with Gasteiger partial charge in [-0.25, -0.2) is 9.79 Å². The number of thiocarbonyl (C=S) groups is 1. The molecular formula is C21H22N2O4S. The molecule has 0 aliphatic rings. The van der Waals surface area contributed by atoms with Crippen LogP contribution in [0.5, 0.6) is 5.75 Å². The Bertz CT molecular complexity index is 862. The molecule has 146 valence electrons. The van der Waals surface area contributed by atoms with Gasteiger partial charge in [-0.05, 0) is 50.3 Å². The molecule has 0 amide bonds. The molecule has 0 fully saturated rings. The number of hydrogen-bond acceptors (Lipinski definition) is 5.